The van der Waals surface area contributed by atoms with Crippen molar-refractivity contribution in [2.75, 3.05) is 5.32 Å². The van der Waals surface area contributed by atoms with Crippen molar-refractivity contribution in [1.29, 1.82) is 0 Å². The lowest BCUT2D eigenvalue weighted by molar-refractivity contribution is -0.138. The minimum atomic E-state index is -0.688. The number of carboxylic acid groups (broad SMARTS) is 1. The first-order chi connectivity index (χ1) is 17.5. The molecule has 0 unspecified atom stereocenters. The highest BCUT2D eigenvalue weighted by atomic mass is 16.4. The monoisotopic (exact) mass is 478 g/mol. The number of benzene rings is 3. The highest BCUT2D eigenvalue weighted by Crippen LogP contribution is 2.38. The number of carboxylic acids is 1. The van der Waals surface area contributed by atoms with Crippen molar-refractivity contribution in [3.8, 4) is 11.1 Å². The highest BCUT2D eigenvalue weighted by molar-refractivity contribution is 6.12. The lowest BCUT2D eigenvalue weighted by atomic mass is 9.77. The second kappa shape index (κ2) is 10.3. The van der Waals surface area contributed by atoms with Crippen molar-refractivity contribution in [3.63, 3.8) is 0 Å². The molecule has 0 aliphatic heterocycles. The zero-order chi connectivity index (χ0) is 25.1. The van der Waals surface area contributed by atoms with Gasteiger partial charge in [-0.25, -0.2) is 0 Å². The van der Waals surface area contributed by atoms with E-state index in [2.05, 4.69) is 29.6 Å². The summed E-state index contributed by atoms with van der Waals surface area (Å²) >= 11 is 0. The van der Waals surface area contributed by atoms with Gasteiger partial charge in [-0.2, -0.15) is 0 Å². The Morgan fingerprint density at radius 1 is 0.889 bits per heavy atom. The molecule has 1 fully saturated rings. The predicted octanol–water partition coefficient (Wildman–Crippen LogP) is 7.21. The van der Waals surface area contributed by atoms with Crippen LogP contribution in [0.3, 0.4) is 0 Å². The maximum absolute atomic E-state index is 13.0. The topological polar surface area (TPSA) is 79.3 Å². The second-order valence-electron chi connectivity index (χ2n) is 9.80. The van der Waals surface area contributed by atoms with Crippen molar-refractivity contribution in [2.24, 2.45) is 5.92 Å². The first kappa shape index (κ1) is 23.7. The molecule has 4 aromatic rings. The molecule has 2 N–H and O–H groups in total. The smallest absolute Gasteiger partial charge is 0.303 e. The number of nitrogens with one attached hydrogen (secondary N) is 1. The molecule has 5 heteroatoms. The third kappa shape index (κ3) is 5.30. The first-order valence-electron chi connectivity index (χ1n) is 12.6. The molecule has 36 heavy (non-hydrogen) atoms. The third-order valence-electron chi connectivity index (χ3n) is 7.24. The quantitative estimate of drug-likeness (QED) is 0.307. The molecule has 0 spiro atoms. The molecule has 0 saturated heterocycles. The summed E-state index contributed by atoms with van der Waals surface area (Å²) in [7, 11) is 0. The van der Waals surface area contributed by atoms with Crippen molar-refractivity contribution in [1.82, 2.24) is 4.98 Å². The van der Waals surface area contributed by atoms with Crippen molar-refractivity contribution in [3.05, 3.63) is 95.7 Å². The molecule has 182 valence electrons. The number of rotatable bonds is 6. The molecular weight excluding hydrogens is 448 g/mol. The van der Waals surface area contributed by atoms with Gasteiger partial charge in [0.25, 0.3) is 5.91 Å². The number of para-hydroxylation sites is 1. The molecule has 5 rings (SSSR count). The molecule has 1 aliphatic carbocycles. The number of fused-ring (bicyclic) bond motifs is 1. The maximum atomic E-state index is 13.0. The summed E-state index contributed by atoms with van der Waals surface area (Å²) in [4.78, 5) is 28.7. The standard InChI is InChI=1S/C31H30N2O3/c1-20-17-28(31(36)33-26-5-3-2-4-6-26)27-16-15-25(19-29(27)32-20)24-13-11-23(12-14-24)22-9-7-21(8-10-22)18-30(34)35/h2-6,11-17,19,21-22H,7-10,18H2,1H3,(H,33,36)(H,34,35). The van der Waals surface area contributed by atoms with Crippen LogP contribution in [-0.4, -0.2) is 22.0 Å². The Morgan fingerprint density at radius 2 is 1.58 bits per heavy atom. The number of aromatic nitrogens is 1. The molecule has 1 aromatic heterocycles. The van der Waals surface area contributed by atoms with Gasteiger partial charge in [0.1, 0.15) is 0 Å². The fourth-order valence-corrected chi connectivity index (χ4v) is 5.34. The van der Waals surface area contributed by atoms with Crippen LogP contribution in [0.4, 0.5) is 5.69 Å². The zero-order valence-corrected chi connectivity index (χ0v) is 20.4. The summed E-state index contributed by atoms with van der Waals surface area (Å²) in [5, 5.41) is 12.9. The maximum Gasteiger partial charge on any atom is 0.303 e. The van der Waals surface area contributed by atoms with Crippen LogP contribution in [0.2, 0.25) is 0 Å². The molecule has 0 radical (unpaired) electrons. The van der Waals surface area contributed by atoms with Gasteiger partial charge in [0, 0.05) is 23.2 Å². The summed E-state index contributed by atoms with van der Waals surface area (Å²) in [6, 6.07) is 26.1. The van der Waals surface area contributed by atoms with E-state index in [4.69, 9.17) is 10.1 Å². The summed E-state index contributed by atoms with van der Waals surface area (Å²) in [6.45, 7) is 1.91. The van der Waals surface area contributed by atoms with E-state index in [0.29, 0.717) is 17.4 Å². The number of anilines is 1. The Balaban J connectivity index is 1.35. The molecule has 1 amide bonds. The zero-order valence-electron chi connectivity index (χ0n) is 20.4. The van der Waals surface area contributed by atoms with Crippen LogP contribution in [0.15, 0.2) is 78.9 Å². The Morgan fingerprint density at radius 3 is 2.28 bits per heavy atom. The number of hydrogen-bond donors (Lipinski definition) is 2. The number of carbonyl (C=O) groups is 2. The van der Waals surface area contributed by atoms with Gasteiger partial charge in [-0.1, -0.05) is 54.6 Å². The average Bonchev–Trinajstić information content (AvgIpc) is 2.88. The first-order valence-corrected chi connectivity index (χ1v) is 12.6. The van der Waals surface area contributed by atoms with E-state index in [1.54, 1.807) is 0 Å². The Labute approximate surface area is 211 Å². The number of hydrogen-bond acceptors (Lipinski definition) is 3. The largest absolute Gasteiger partial charge is 0.481 e. The van der Waals surface area contributed by atoms with Crippen molar-refractivity contribution < 1.29 is 14.7 Å². The molecule has 0 bridgehead atoms. The summed E-state index contributed by atoms with van der Waals surface area (Å²) in [5.41, 5.74) is 6.46. The van der Waals surface area contributed by atoms with Crippen LogP contribution >= 0.6 is 0 Å². The van der Waals surface area contributed by atoms with Gasteiger partial charge in [0.05, 0.1) is 11.1 Å². The van der Waals surface area contributed by atoms with E-state index in [-0.39, 0.29) is 12.3 Å². The second-order valence-corrected chi connectivity index (χ2v) is 9.80. The number of aliphatic carboxylic acids is 1. The lowest BCUT2D eigenvalue weighted by Crippen LogP contribution is -2.16. The minimum absolute atomic E-state index is 0.146. The summed E-state index contributed by atoms with van der Waals surface area (Å²) in [5.74, 6) is -0.0272. The molecule has 0 atom stereocenters. The number of amides is 1. The number of pyridine rings is 1. The average molecular weight is 479 g/mol. The highest BCUT2D eigenvalue weighted by Gasteiger charge is 2.24. The molecule has 1 heterocycles. The summed E-state index contributed by atoms with van der Waals surface area (Å²) < 4.78 is 0. The molecule has 5 nitrogen and oxygen atoms in total. The van der Waals surface area contributed by atoms with Gasteiger partial charge in [-0.05, 0) is 85.4 Å². The molecule has 3 aromatic carbocycles. The normalized spacial score (nSPS) is 17.6. The predicted molar refractivity (Wildman–Crippen MR) is 143 cm³/mol. The molecular formula is C31H30N2O3. The number of nitrogens with zero attached hydrogens (tertiary/aromatic N) is 1. The molecule has 1 saturated carbocycles. The fourth-order valence-electron chi connectivity index (χ4n) is 5.34. The Kier molecular flexibility index (Phi) is 6.81. The Hall–Kier alpha value is -3.99. The molecule has 1 aliphatic rings. The van der Waals surface area contributed by atoms with Gasteiger partial charge in [0.15, 0.2) is 0 Å². The van der Waals surface area contributed by atoms with Gasteiger partial charge in [0.2, 0.25) is 0 Å². The lowest BCUT2D eigenvalue weighted by Gasteiger charge is -2.28. The van der Waals surface area contributed by atoms with Crippen LogP contribution in [0, 0.1) is 12.8 Å². The van der Waals surface area contributed by atoms with Crippen LogP contribution in [0.1, 0.15) is 59.6 Å². The van der Waals surface area contributed by atoms with Crippen molar-refractivity contribution in [2.45, 2.75) is 44.9 Å². The van der Waals surface area contributed by atoms with E-state index in [1.165, 1.54) is 5.56 Å². The van der Waals surface area contributed by atoms with Crippen LogP contribution in [0.25, 0.3) is 22.0 Å². The SMILES string of the molecule is Cc1cc(C(=O)Nc2ccccc2)c2ccc(-c3ccc(C4CCC(CC(=O)O)CC4)cc3)cc2n1. The van der Waals surface area contributed by atoms with Crippen LogP contribution in [0.5, 0.6) is 0 Å². The van der Waals surface area contributed by atoms with E-state index in [1.807, 2.05) is 61.5 Å². The fraction of sp³-hybridized carbons (Fsp3) is 0.258. The van der Waals surface area contributed by atoms with Gasteiger partial charge in [-0.15, -0.1) is 0 Å². The summed E-state index contributed by atoms with van der Waals surface area (Å²) in [6.07, 6.45) is 4.34. The van der Waals surface area contributed by atoms with E-state index >= 15 is 0 Å². The minimum Gasteiger partial charge on any atom is -0.481 e. The van der Waals surface area contributed by atoms with E-state index in [9.17, 15) is 9.59 Å². The number of aryl methyl sites for hydroxylation is 1. The van der Waals surface area contributed by atoms with E-state index < -0.39 is 5.97 Å². The van der Waals surface area contributed by atoms with Crippen molar-refractivity contribution >= 4 is 28.5 Å². The van der Waals surface area contributed by atoms with Crippen LogP contribution in [-0.2, 0) is 4.79 Å². The number of carbonyl (C=O) groups excluding carboxylic acids is 1. The van der Waals surface area contributed by atoms with Gasteiger partial charge < -0.3 is 10.4 Å². The van der Waals surface area contributed by atoms with Crippen LogP contribution < -0.4 is 5.32 Å². The van der Waals surface area contributed by atoms with Gasteiger partial charge >= 0.3 is 5.97 Å². The third-order valence-corrected chi connectivity index (χ3v) is 7.24. The van der Waals surface area contributed by atoms with Gasteiger partial charge in [-0.3, -0.25) is 14.6 Å². The van der Waals surface area contributed by atoms with E-state index in [0.717, 1.165) is 59.1 Å². The Bertz CT molecular complexity index is 1390.